The van der Waals surface area contributed by atoms with E-state index in [-0.39, 0.29) is 11.9 Å². The molecule has 0 fully saturated rings. The van der Waals surface area contributed by atoms with Gasteiger partial charge < -0.3 is 4.74 Å². The third kappa shape index (κ3) is 2.37. The lowest BCUT2D eigenvalue weighted by molar-refractivity contribution is -0.133. The third-order valence-electron chi connectivity index (χ3n) is 4.14. The fourth-order valence-corrected chi connectivity index (χ4v) is 2.89. The number of benzene rings is 2. The Morgan fingerprint density at radius 2 is 1.77 bits per heavy atom. The molecule has 22 heavy (non-hydrogen) atoms. The Balaban J connectivity index is 2.12. The van der Waals surface area contributed by atoms with Crippen molar-refractivity contribution in [2.45, 2.75) is 39.3 Å². The number of fused-ring (bicyclic) bond motifs is 1. The van der Waals surface area contributed by atoms with Crippen LogP contribution in [0.15, 0.2) is 48.5 Å². The van der Waals surface area contributed by atoms with Crippen molar-refractivity contribution in [3.05, 3.63) is 59.7 Å². The molecule has 1 atom stereocenters. The van der Waals surface area contributed by atoms with Crippen LogP contribution < -0.4 is 9.64 Å². The van der Waals surface area contributed by atoms with Crippen LogP contribution in [0.25, 0.3) is 0 Å². The van der Waals surface area contributed by atoms with Crippen LogP contribution in [-0.2, 0) is 4.79 Å². The van der Waals surface area contributed by atoms with Crippen molar-refractivity contribution in [2.24, 2.45) is 0 Å². The van der Waals surface area contributed by atoms with Gasteiger partial charge in [-0.25, -0.2) is 0 Å². The minimum absolute atomic E-state index is 0.0121. The van der Waals surface area contributed by atoms with E-state index in [0.717, 1.165) is 22.6 Å². The molecule has 0 radical (unpaired) electrons. The van der Waals surface area contributed by atoms with Gasteiger partial charge in [-0.3, -0.25) is 9.69 Å². The fraction of sp³-hybridized carbons (Fsp3) is 0.316. The van der Waals surface area contributed by atoms with E-state index in [0.29, 0.717) is 0 Å². The van der Waals surface area contributed by atoms with E-state index in [2.05, 4.69) is 19.1 Å². The molecule has 1 amide bonds. The number of nitrogens with zero attached hydrogens (tertiary/aromatic N) is 1. The van der Waals surface area contributed by atoms with Crippen LogP contribution in [-0.4, -0.2) is 11.5 Å². The van der Waals surface area contributed by atoms with Gasteiger partial charge in [0, 0.05) is 0 Å². The minimum atomic E-state index is -0.856. The van der Waals surface area contributed by atoms with E-state index in [1.54, 1.807) is 0 Å². The van der Waals surface area contributed by atoms with Gasteiger partial charge in [-0.05, 0) is 51.0 Å². The molecular weight excluding hydrogens is 274 g/mol. The topological polar surface area (TPSA) is 29.5 Å². The van der Waals surface area contributed by atoms with E-state index in [1.165, 1.54) is 0 Å². The van der Waals surface area contributed by atoms with Gasteiger partial charge in [-0.15, -0.1) is 0 Å². The van der Waals surface area contributed by atoms with Gasteiger partial charge in [-0.2, -0.15) is 0 Å². The standard InChI is InChI=1S/C19H21NO2/c1-13-10-11-17-16(12-13)20(18(21)19(3,4)22-17)14(2)15-8-6-5-7-9-15/h5-12,14H,1-4H3. The average molecular weight is 295 g/mol. The summed E-state index contributed by atoms with van der Waals surface area (Å²) in [5.41, 5.74) is 2.22. The van der Waals surface area contributed by atoms with Crippen LogP contribution in [0.1, 0.15) is 37.9 Å². The SMILES string of the molecule is Cc1ccc2c(c1)N(C(C)c1ccccc1)C(=O)C(C)(C)O2. The molecule has 0 saturated heterocycles. The first-order valence-corrected chi connectivity index (χ1v) is 7.58. The Hall–Kier alpha value is -2.29. The molecule has 1 aliphatic rings. The molecule has 0 saturated carbocycles. The molecule has 0 N–H and O–H groups in total. The van der Waals surface area contributed by atoms with Crippen LogP contribution in [0, 0.1) is 6.92 Å². The van der Waals surface area contributed by atoms with Crippen molar-refractivity contribution >= 4 is 11.6 Å². The number of amides is 1. The van der Waals surface area contributed by atoms with Gasteiger partial charge in [0.2, 0.25) is 0 Å². The van der Waals surface area contributed by atoms with E-state index in [4.69, 9.17) is 4.74 Å². The molecule has 0 aromatic heterocycles. The number of hydrogen-bond acceptors (Lipinski definition) is 2. The first-order chi connectivity index (χ1) is 10.4. The van der Waals surface area contributed by atoms with Gasteiger partial charge in [0.05, 0.1) is 11.7 Å². The highest BCUT2D eigenvalue weighted by Gasteiger charge is 2.42. The molecule has 0 bridgehead atoms. The predicted molar refractivity (Wildman–Crippen MR) is 88.2 cm³/mol. The van der Waals surface area contributed by atoms with E-state index in [1.807, 2.05) is 62.1 Å². The largest absolute Gasteiger partial charge is 0.476 e. The highest BCUT2D eigenvalue weighted by atomic mass is 16.5. The van der Waals surface area contributed by atoms with Crippen molar-refractivity contribution in [1.29, 1.82) is 0 Å². The molecule has 3 nitrogen and oxygen atoms in total. The zero-order valence-corrected chi connectivity index (χ0v) is 13.5. The van der Waals surface area contributed by atoms with Crippen LogP contribution in [0.2, 0.25) is 0 Å². The smallest absolute Gasteiger partial charge is 0.271 e. The maximum Gasteiger partial charge on any atom is 0.271 e. The molecule has 2 aromatic carbocycles. The van der Waals surface area contributed by atoms with E-state index >= 15 is 0 Å². The summed E-state index contributed by atoms with van der Waals surface area (Å²) >= 11 is 0. The van der Waals surface area contributed by atoms with Crippen molar-refractivity contribution in [3.63, 3.8) is 0 Å². The molecule has 1 heterocycles. The molecular formula is C19H21NO2. The maximum atomic E-state index is 12.9. The van der Waals surface area contributed by atoms with Gasteiger partial charge in [0.25, 0.3) is 5.91 Å². The Morgan fingerprint density at radius 1 is 1.09 bits per heavy atom. The van der Waals surface area contributed by atoms with Crippen molar-refractivity contribution in [2.75, 3.05) is 4.90 Å². The number of hydrogen-bond donors (Lipinski definition) is 0. The molecule has 114 valence electrons. The van der Waals surface area contributed by atoms with Gasteiger partial charge in [-0.1, -0.05) is 36.4 Å². The monoisotopic (exact) mass is 295 g/mol. The quantitative estimate of drug-likeness (QED) is 0.828. The summed E-state index contributed by atoms with van der Waals surface area (Å²) in [7, 11) is 0. The number of rotatable bonds is 2. The van der Waals surface area contributed by atoms with Gasteiger partial charge in [0.15, 0.2) is 5.60 Å². The minimum Gasteiger partial charge on any atom is -0.476 e. The lowest BCUT2D eigenvalue weighted by Crippen LogP contribution is -2.53. The molecule has 0 spiro atoms. The number of carbonyl (C=O) groups is 1. The summed E-state index contributed by atoms with van der Waals surface area (Å²) < 4.78 is 5.91. The first kappa shape index (κ1) is 14.6. The van der Waals surface area contributed by atoms with E-state index in [9.17, 15) is 4.79 Å². The summed E-state index contributed by atoms with van der Waals surface area (Å²) in [5.74, 6) is 0.750. The summed E-state index contributed by atoms with van der Waals surface area (Å²) in [6.45, 7) is 7.72. The van der Waals surface area contributed by atoms with Crippen LogP contribution in [0.5, 0.6) is 5.75 Å². The Labute approximate surface area is 131 Å². The lowest BCUT2D eigenvalue weighted by Gasteiger charge is -2.42. The summed E-state index contributed by atoms with van der Waals surface area (Å²) in [4.78, 5) is 14.8. The van der Waals surface area contributed by atoms with Crippen molar-refractivity contribution in [3.8, 4) is 5.75 Å². The molecule has 0 aliphatic carbocycles. The summed E-state index contributed by atoms with van der Waals surface area (Å²) in [6, 6.07) is 16.0. The highest BCUT2D eigenvalue weighted by molar-refractivity contribution is 6.03. The number of anilines is 1. The summed E-state index contributed by atoms with van der Waals surface area (Å²) in [6.07, 6.45) is 0. The highest BCUT2D eigenvalue weighted by Crippen LogP contribution is 2.42. The Bertz CT molecular complexity index is 707. The lowest BCUT2D eigenvalue weighted by atomic mass is 9.98. The molecule has 1 unspecified atom stereocenters. The fourth-order valence-electron chi connectivity index (χ4n) is 2.89. The van der Waals surface area contributed by atoms with Crippen LogP contribution in [0.3, 0.4) is 0 Å². The molecule has 1 aliphatic heterocycles. The summed E-state index contributed by atoms with van der Waals surface area (Å²) in [5, 5.41) is 0. The predicted octanol–water partition coefficient (Wildman–Crippen LogP) is 4.26. The van der Waals surface area contributed by atoms with Crippen LogP contribution >= 0.6 is 0 Å². The Morgan fingerprint density at radius 3 is 2.45 bits per heavy atom. The van der Waals surface area contributed by atoms with Gasteiger partial charge >= 0.3 is 0 Å². The number of aryl methyl sites for hydroxylation is 1. The second-order valence-corrected chi connectivity index (χ2v) is 6.35. The Kier molecular flexibility index (Phi) is 3.44. The molecule has 3 heteroatoms. The molecule has 3 rings (SSSR count). The normalized spacial score (nSPS) is 17.6. The number of ether oxygens (including phenoxy) is 1. The van der Waals surface area contributed by atoms with Crippen LogP contribution in [0.4, 0.5) is 5.69 Å². The zero-order valence-electron chi connectivity index (χ0n) is 13.5. The molecule has 2 aromatic rings. The van der Waals surface area contributed by atoms with E-state index < -0.39 is 5.60 Å². The average Bonchev–Trinajstić information content (AvgIpc) is 2.49. The van der Waals surface area contributed by atoms with Gasteiger partial charge in [0.1, 0.15) is 5.75 Å². The third-order valence-corrected chi connectivity index (χ3v) is 4.14. The van der Waals surface area contributed by atoms with Crippen molar-refractivity contribution in [1.82, 2.24) is 0 Å². The second kappa shape index (κ2) is 5.16. The van der Waals surface area contributed by atoms with Crippen molar-refractivity contribution < 1.29 is 9.53 Å². The first-order valence-electron chi connectivity index (χ1n) is 7.58. The number of carbonyl (C=O) groups excluding carboxylic acids is 1. The zero-order chi connectivity index (χ0) is 15.9. The maximum absolute atomic E-state index is 12.9. The second-order valence-electron chi connectivity index (χ2n) is 6.35.